The molecule has 0 aliphatic carbocycles. The molecule has 1 aromatic carbocycles. The number of hydrogen-bond donors (Lipinski definition) is 1. The summed E-state index contributed by atoms with van der Waals surface area (Å²) in [6, 6.07) is 8.13. The fourth-order valence-electron chi connectivity index (χ4n) is 2.35. The van der Waals surface area contributed by atoms with Gasteiger partial charge in [-0.25, -0.2) is 18.4 Å². The lowest BCUT2D eigenvalue weighted by Crippen LogP contribution is -2.40. The van der Waals surface area contributed by atoms with E-state index in [2.05, 4.69) is 9.97 Å². The molecule has 1 N–H and O–H groups in total. The van der Waals surface area contributed by atoms with Gasteiger partial charge in [0, 0.05) is 24.8 Å². The normalized spacial score (nSPS) is 16.4. The van der Waals surface area contributed by atoms with E-state index in [1.807, 2.05) is 0 Å². The Balaban J connectivity index is 1.96. The highest BCUT2D eigenvalue weighted by Crippen LogP contribution is 2.22. The van der Waals surface area contributed by atoms with E-state index in [4.69, 9.17) is 9.84 Å². The van der Waals surface area contributed by atoms with Crippen LogP contribution in [-0.2, 0) is 21.4 Å². The number of morpholine rings is 1. The van der Waals surface area contributed by atoms with Gasteiger partial charge < -0.3 is 9.84 Å². The molecule has 1 saturated heterocycles. The predicted molar refractivity (Wildman–Crippen MR) is 83.0 cm³/mol. The van der Waals surface area contributed by atoms with Crippen molar-refractivity contribution in [1.82, 2.24) is 14.3 Å². The van der Waals surface area contributed by atoms with Crippen LogP contribution in [0.25, 0.3) is 11.4 Å². The van der Waals surface area contributed by atoms with Gasteiger partial charge in [-0.15, -0.1) is 0 Å². The smallest absolute Gasteiger partial charge is 0.243 e. The van der Waals surface area contributed by atoms with Crippen molar-refractivity contribution >= 4 is 10.0 Å². The van der Waals surface area contributed by atoms with Crippen molar-refractivity contribution in [3.63, 3.8) is 0 Å². The summed E-state index contributed by atoms with van der Waals surface area (Å²) in [5.74, 6) is 0.385. The topological polar surface area (TPSA) is 92.6 Å². The lowest BCUT2D eigenvalue weighted by Gasteiger charge is -2.26. The van der Waals surface area contributed by atoms with Crippen molar-refractivity contribution in [2.24, 2.45) is 0 Å². The molecule has 122 valence electrons. The Kier molecular flexibility index (Phi) is 4.67. The summed E-state index contributed by atoms with van der Waals surface area (Å²) >= 11 is 0. The largest absolute Gasteiger partial charge is 0.390 e. The molecule has 7 nitrogen and oxygen atoms in total. The van der Waals surface area contributed by atoms with Crippen molar-refractivity contribution < 1.29 is 18.3 Å². The molecule has 0 radical (unpaired) electrons. The van der Waals surface area contributed by atoms with Crippen LogP contribution in [0.1, 0.15) is 5.69 Å². The molecule has 0 atom stereocenters. The molecule has 2 heterocycles. The summed E-state index contributed by atoms with van der Waals surface area (Å²) in [7, 11) is -3.56. The first kappa shape index (κ1) is 16.0. The fraction of sp³-hybridized carbons (Fsp3) is 0.333. The molecule has 3 rings (SSSR count). The average Bonchev–Trinajstić information content (AvgIpc) is 2.62. The molecule has 1 aliphatic heterocycles. The first-order chi connectivity index (χ1) is 11.1. The fourth-order valence-corrected chi connectivity index (χ4v) is 3.81. The van der Waals surface area contributed by atoms with Crippen LogP contribution in [0.3, 0.4) is 0 Å². The Morgan fingerprint density at radius 1 is 1.22 bits per heavy atom. The van der Waals surface area contributed by atoms with E-state index in [1.54, 1.807) is 30.3 Å². The molecular weight excluding hydrogens is 318 g/mol. The van der Waals surface area contributed by atoms with Crippen molar-refractivity contribution in [3.8, 4) is 11.4 Å². The number of aromatic nitrogens is 2. The molecule has 1 aromatic heterocycles. The van der Waals surface area contributed by atoms with Gasteiger partial charge >= 0.3 is 0 Å². The van der Waals surface area contributed by atoms with E-state index in [1.165, 1.54) is 10.5 Å². The van der Waals surface area contributed by atoms with Gasteiger partial charge in [0.2, 0.25) is 10.0 Å². The van der Waals surface area contributed by atoms with Gasteiger partial charge in [-0.1, -0.05) is 12.1 Å². The third-order valence-corrected chi connectivity index (χ3v) is 5.47. The van der Waals surface area contributed by atoms with Crippen LogP contribution < -0.4 is 0 Å². The van der Waals surface area contributed by atoms with Gasteiger partial charge in [-0.3, -0.25) is 0 Å². The van der Waals surface area contributed by atoms with Crippen LogP contribution in [0.15, 0.2) is 41.4 Å². The number of nitrogens with zero attached hydrogens (tertiary/aromatic N) is 3. The molecule has 1 fully saturated rings. The average molecular weight is 335 g/mol. The summed E-state index contributed by atoms with van der Waals surface area (Å²) in [5, 5.41) is 9.16. The maximum atomic E-state index is 12.7. The van der Waals surface area contributed by atoms with Crippen LogP contribution >= 0.6 is 0 Å². The van der Waals surface area contributed by atoms with Crippen LogP contribution in [0.4, 0.5) is 0 Å². The number of ether oxygens (including phenoxy) is 1. The number of hydrogen-bond acceptors (Lipinski definition) is 6. The van der Waals surface area contributed by atoms with Crippen LogP contribution in [0.5, 0.6) is 0 Å². The summed E-state index contributed by atoms with van der Waals surface area (Å²) < 4.78 is 32.0. The Hall–Kier alpha value is -1.87. The van der Waals surface area contributed by atoms with Crippen LogP contribution in [0, 0.1) is 0 Å². The summed E-state index contributed by atoms with van der Waals surface area (Å²) in [6.45, 7) is 1.31. The number of rotatable bonds is 4. The molecule has 0 bridgehead atoms. The second-order valence-electron chi connectivity index (χ2n) is 5.07. The van der Waals surface area contributed by atoms with Crippen molar-refractivity contribution in [2.75, 3.05) is 26.3 Å². The standard InChI is InChI=1S/C15H17N3O4S/c19-11-13-4-5-16-15(17-13)12-2-1-3-14(10-12)23(20,21)18-6-8-22-9-7-18/h1-5,10,19H,6-9,11H2. The summed E-state index contributed by atoms with van der Waals surface area (Å²) in [4.78, 5) is 8.55. The zero-order valence-corrected chi connectivity index (χ0v) is 13.2. The molecule has 23 heavy (non-hydrogen) atoms. The maximum Gasteiger partial charge on any atom is 0.243 e. The third-order valence-electron chi connectivity index (χ3n) is 3.58. The van der Waals surface area contributed by atoms with Crippen LogP contribution in [0.2, 0.25) is 0 Å². The molecular formula is C15H17N3O4S. The molecule has 0 amide bonds. The van der Waals surface area contributed by atoms with Crippen molar-refractivity contribution in [2.45, 2.75) is 11.5 Å². The van der Waals surface area contributed by atoms with E-state index in [0.29, 0.717) is 43.4 Å². The van der Waals surface area contributed by atoms with Crippen molar-refractivity contribution in [1.29, 1.82) is 0 Å². The van der Waals surface area contributed by atoms with Crippen molar-refractivity contribution in [3.05, 3.63) is 42.2 Å². The van der Waals surface area contributed by atoms with Gasteiger partial charge in [0.15, 0.2) is 5.82 Å². The van der Waals surface area contributed by atoms with Gasteiger partial charge in [-0.05, 0) is 18.2 Å². The third kappa shape index (κ3) is 3.40. The van der Waals surface area contributed by atoms with E-state index >= 15 is 0 Å². The van der Waals surface area contributed by atoms with Gasteiger partial charge in [0.05, 0.1) is 30.4 Å². The zero-order valence-electron chi connectivity index (χ0n) is 12.4. The Morgan fingerprint density at radius 3 is 2.74 bits per heavy atom. The molecule has 1 aliphatic rings. The monoisotopic (exact) mass is 335 g/mol. The zero-order chi connectivity index (χ0) is 16.3. The Bertz CT molecular complexity index is 789. The predicted octanol–water partition coefficient (Wildman–Crippen LogP) is 0.657. The second kappa shape index (κ2) is 6.71. The number of sulfonamides is 1. The van der Waals surface area contributed by atoms with E-state index < -0.39 is 10.0 Å². The first-order valence-electron chi connectivity index (χ1n) is 7.22. The highest BCUT2D eigenvalue weighted by Gasteiger charge is 2.26. The maximum absolute atomic E-state index is 12.7. The van der Waals surface area contributed by atoms with E-state index in [9.17, 15) is 8.42 Å². The molecule has 8 heteroatoms. The summed E-state index contributed by atoms with van der Waals surface area (Å²) in [5.41, 5.74) is 1.08. The minimum Gasteiger partial charge on any atom is -0.390 e. The molecule has 0 spiro atoms. The minimum atomic E-state index is -3.56. The minimum absolute atomic E-state index is 0.193. The lowest BCUT2D eigenvalue weighted by atomic mass is 10.2. The van der Waals surface area contributed by atoms with Gasteiger partial charge in [-0.2, -0.15) is 4.31 Å². The van der Waals surface area contributed by atoms with E-state index in [0.717, 1.165) is 0 Å². The highest BCUT2D eigenvalue weighted by atomic mass is 32.2. The Morgan fingerprint density at radius 2 is 2.00 bits per heavy atom. The van der Waals surface area contributed by atoms with E-state index in [-0.39, 0.29) is 11.5 Å². The van der Waals surface area contributed by atoms with Gasteiger partial charge in [0.25, 0.3) is 0 Å². The second-order valence-corrected chi connectivity index (χ2v) is 7.01. The Labute approximate surface area is 134 Å². The molecule has 2 aromatic rings. The summed E-state index contributed by atoms with van der Waals surface area (Å²) in [6.07, 6.45) is 1.54. The quantitative estimate of drug-likeness (QED) is 0.882. The van der Waals surface area contributed by atoms with Crippen LogP contribution in [-0.4, -0.2) is 54.1 Å². The number of aliphatic hydroxyl groups excluding tert-OH is 1. The molecule has 0 saturated carbocycles. The molecule has 0 unspecified atom stereocenters. The SMILES string of the molecule is O=S(=O)(c1cccc(-c2nccc(CO)n2)c1)N1CCOCC1. The first-order valence-corrected chi connectivity index (χ1v) is 8.66. The number of benzene rings is 1. The number of aliphatic hydroxyl groups is 1. The lowest BCUT2D eigenvalue weighted by molar-refractivity contribution is 0.0730. The van der Waals surface area contributed by atoms with Gasteiger partial charge in [0.1, 0.15) is 0 Å². The highest BCUT2D eigenvalue weighted by molar-refractivity contribution is 7.89.